The van der Waals surface area contributed by atoms with Gasteiger partial charge < -0.3 is 10.2 Å². The molecule has 0 saturated carbocycles. The van der Waals surface area contributed by atoms with Crippen LogP contribution < -0.4 is 10.2 Å². The van der Waals surface area contributed by atoms with Crippen LogP contribution in [0.2, 0.25) is 0 Å². The van der Waals surface area contributed by atoms with Gasteiger partial charge in [0.15, 0.2) is 23.3 Å². The number of carbonyl (C=O) groups is 1. The summed E-state index contributed by atoms with van der Waals surface area (Å²) in [6, 6.07) is 6.16. The smallest absolute Gasteiger partial charge is 0.255 e. The van der Waals surface area contributed by atoms with Gasteiger partial charge in [0.05, 0.1) is 16.8 Å². The third-order valence-corrected chi connectivity index (χ3v) is 3.70. The minimum absolute atomic E-state index is 0.232. The average Bonchev–Trinajstić information content (AvgIpc) is 2.56. The Morgan fingerprint density at radius 2 is 1.43 bits per heavy atom. The second kappa shape index (κ2) is 5.22. The van der Waals surface area contributed by atoms with Gasteiger partial charge in [-0.25, -0.2) is 22.0 Å². The van der Waals surface area contributed by atoms with Crippen LogP contribution in [0.4, 0.5) is 27.6 Å². The van der Waals surface area contributed by atoms with Gasteiger partial charge in [-0.1, -0.05) is 12.1 Å². The highest BCUT2D eigenvalue weighted by atomic mass is 19.2. The summed E-state index contributed by atoms with van der Waals surface area (Å²) in [7, 11) is 1.38. The van der Waals surface area contributed by atoms with E-state index in [0.29, 0.717) is 5.69 Å². The molecule has 0 aliphatic carbocycles. The van der Waals surface area contributed by atoms with E-state index in [-0.39, 0.29) is 5.56 Å². The Morgan fingerprint density at radius 1 is 0.913 bits per heavy atom. The first-order chi connectivity index (χ1) is 10.8. The maximum absolute atomic E-state index is 14.0. The number of halogens is 5. The van der Waals surface area contributed by atoms with Crippen LogP contribution >= 0.6 is 0 Å². The fourth-order valence-corrected chi connectivity index (χ4v) is 2.54. The molecule has 1 aliphatic rings. The largest absolute Gasteiger partial charge is 0.350 e. The van der Waals surface area contributed by atoms with Crippen molar-refractivity contribution in [3.05, 3.63) is 64.5 Å². The Bertz CT molecular complexity index is 795. The van der Waals surface area contributed by atoms with Crippen molar-refractivity contribution in [3.8, 4) is 0 Å². The van der Waals surface area contributed by atoms with E-state index in [1.54, 1.807) is 12.1 Å². The molecule has 0 spiro atoms. The number of rotatable bonds is 1. The summed E-state index contributed by atoms with van der Waals surface area (Å²) in [5, 5.41) is 2.25. The van der Waals surface area contributed by atoms with Crippen LogP contribution in [0.25, 0.3) is 0 Å². The van der Waals surface area contributed by atoms with Crippen molar-refractivity contribution in [2.24, 2.45) is 0 Å². The lowest BCUT2D eigenvalue weighted by molar-refractivity contribution is 0.0926. The highest BCUT2D eigenvalue weighted by Gasteiger charge is 2.36. The summed E-state index contributed by atoms with van der Waals surface area (Å²) in [5.74, 6) is -11.0. The fourth-order valence-electron chi connectivity index (χ4n) is 2.54. The summed E-state index contributed by atoms with van der Waals surface area (Å²) in [6.45, 7) is 0. The highest BCUT2D eigenvalue weighted by molar-refractivity contribution is 6.02. The lowest BCUT2D eigenvalue weighted by atomic mass is 10.0. The van der Waals surface area contributed by atoms with Gasteiger partial charge in [0.25, 0.3) is 5.91 Å². The molecule has 3 nitrogen and oxygen atoms in total. The van der Waals surface area contributed by atoms with Gasteiger partial charge in [-0.15, -0.1) is 0 Å². The molecule has 2 aromatic rings. The van der Waals surface area contributed by atoms with E-state index in [0.717, 1.165) is 0 Å². The quantitative estimate of drug-likeness (QED) is 0.495. The zero-order valence-electron chi connectivity index (χ0n) is 11.6. The number of benzene rings is 2. The maximum atomic E-state index is 14.0. The highest BCUT2D eigenvalue weighted by Crippen LogP contribution is 2.35. The molecule has 1 N–H and O–H groups in total. The molecule has 0 aromatic heterocycles. The molecule has 1 aliphatic heterocycles. The average molecular weight is 328 g/mol. The lowest BCUT2D eigenvalue weighted by Gasteiger charge is -2.36. The molecule has 0 saturated heterocycles. The first-order valence-corrected chi connectivity index (χ1v) is 6.48. The van der Waals surface area contributed by atoms with E-state index < -0.39 is 46.7 Å². The Morgan fingerprint density at radius 3 is 2.04 bits per heavy atom. The first kappa shape index (κ1) is 15.3. The minimum atomic E-state index is -2.24. The van der Waals surface area contributed by atoms with E-state index in [2.05, 4.69) is 5.32 Å². The summed E-state index contributed by atoms with van der Waals surface area (Å²) in [6.07, 6.45) is -1.53. The van der Waals surface area contributed by atoms with Gasteiger partial charge in [0.2, 0.25) is 5.82 Å². The standard InChI is InChI=1S/C15H9F5N2O/c1-22-7-5-3-2-4-6(7)15(23)21-14(22)8-9(16)11(18)13(20)12(19)10(8)17/h2-5,14H,1H3,(H,21,23). The number of nitrogens with zero attached hydrogens (tertiary/aromatic N) is 1. The molecular weight excluding hydrogens is 319 g/mol. The van der Waals surface area contributed by atoms with E-state index in [1.807, 2.05) is 0 Å². The molecule has 1 heterocycles. The van der Waals surface area contributed by atoms with Crippen LogP contribution in [-0.4, -0.2) is 13.0 Å². The van der Waals surface area contributed by atoms with Crippen molar-refractivity contribution in [2.75, 3.05) is 11.9 Å². The molecule has 23 heavy (non-hydrogen) atoms. The zero-order valence-corrected chi connectivity index (χ0v) is 11.6. The molecule has 1 unspecified atom stereocenters. The molecule has 8 heteroatoms. The summed E-state index contributed by atoms with van der Waals surface area (Å²) in [5.41, 5.74) is -0.563. The Balaban J connectivity index is 2.20. The number of anilines is 1. The Kier molecular flexibility index (Phi) is 3.46. The minimum Gasteiger partial charge on any atom is -0.350 e. The zero-order chi connectivity index (χ0) is 16.9. The number of hydrogen-bond acceptors (Lipinski definition) is 2. The van der Waals surface area contributed by atoms with Gasteiger partial charge >= 0.3 is 0 Å². The van der Waals surface area contributed by atoms with Crippen molar-refractivity contribution in [1.29, 1.82) is 0 Å². The van der Waals surface area contributed by atoms with Crippen LogP contribution in [0, 0.1) is 29.1 Å². The molecule has 0 radical (unpaired) electrons. The van der Waals surface area contributed by atoms with Crippen molar-refractivity contribution in [2.45, 2.75) is 6.17 Å². The van der Waals surface area contributed by atoms with E-state index in [9.17, 15) is 26.7 Å². The van der Waals surface area contributed by atoms with Gasteiger partial charge in [-0.3, -0.25) is 4.79 Å². The second-order valence-corrected chi connectivity index (χ2v) is 4.99. The van der Waals surface area contributed by atoms with Gasteiger partial charge in [-0.05, 0) is 12.1 Å². The van der Waals surface area contributed by atoms with Gasteiger partial charge in [0.1, 0.15) is 6.17 Å². The predicted octanol–water partition coefficient (Wildman–Crippen LogP) is 3.26. The number of para-hydroxylation sites is 1. The number of carbonyl (C=O) groups excluding carboxylic acids is 1. The van der Waals surface area contributed by atoms with Crippen LogP contribution in [0.5, 0.6) is 0 Å². The van der Waals surface area contributed by atoms with Crippen molar-refractivity contribution in [3.63, 3.8) is 0 Å². The third-order valence-electron chi connectivity index (χ3n) is 3.70. The number of hydrogen-bond donors (Lipinski definition) is 1. The Hall–Kier alpha value is -2.64. The SMILES string of the molecule is CN1c2ccccc2C(=O)NC1c1c(F)c(F)c(F)c(F)c1F. The summed E-state index contributed by atoms with van der Waals surface area (Å²) < 4.78 is 67.8. The maximum Gasteiger partial charge on any atom is 0.255 e. The van der Waals surface area contributed by atoms with Crippen molar-refractivity contribution >= 4 is 11.6 Å². The number of amides is 1. The first-order valence-electron chi connectivity index (χ1n) is 6.48. The Labute approximate surface area is 127 Å². The van der Waals surface area contributed by atoms with Crippen molar-refractivity contribution in [1.82, 2.24) is 5.32 Å². The van der Waals surface area contributed by atoms with E-state index >= 15 is 0 Å². The predicted molar refractivity (Wildman–Crippen MR) is 71.3 cm³/mol. The summed E-state index contributed by atoms with van der Waals surface area (Å²) >= 11 is 0. The molecule has 2 aromatic carbocycles. The van der Waals surface area contributed by atoms with Gasteiger partial charge in [0, 0.05) is 7.05 Å². The number of nitrogens with one attached hydrogen (secondary N) is 1. The molecule has 120 valence electrons. The van der Waals surface area contributed by atoms with Crippen molar-refractivity contribution < 1.29 is 26.7 Å². The second-order valence-electron chi connectivity index (χ2n) is 4.99. The summed E-state index contributed by atoms with van der Waals surface area (Å²) in [4.78, 5) is 13.3. The lowest BCUT2D eigenvalue weighted by Crippen LogP contribution is -2.45. The number of fused-ring (bicyclic) bond motifs is 1. The topological polar surface area (TPSA) is 32.3 Å². The van der Waals surface area contributed by atoms with Crippen LogP contribution in [0.15, 0.2) is 24.3 Å². The molecule has 1 atom stereocenters. The van der Waals surface area contributed by atoms with Crippen LogP contribution in [0.1, 0.15) is 22.1 Å². The molecule has 0 bridgehead atoms. The van der Waals surface area contributed by atoms with E-state index in [4.69, 9.17) is 0 Å². The van der Waals surface area contributed by atoms with E-state index in [1.165, 1.54) is 24.1 Å². The third kappa shape index (κ3) is 2.13. The molecular formula is C15H9F5N2O. The monoisotopic (exact) mass is 328 g/mol. The molecule has 0 fully saturated rings. The fraction of sp³-hybridized carbons (Fsp3) is 0.133. The normalized spacial score (nSPS) is 17.0. The molecule has 1 amide bonds. The van der Waals surface area contributed by atoms with Crippen LogP contribution in [0.3, 0.4) is 0 Å². The van der Waals surface area contributed by atoms with Crippen LogP contribution in [-0.2, 0) is 0 Å². The van der Waals surface area contributed by atoms with Gasteiger partial charge in [-0.2, -0.15) is 0 Å². The molecule has 3 rings (SSSR count).